The Hall–Kier alpha value is -2.16. The fourth-order valence-electron chi connectivity index (χ4n) is 3.56. The van der Waals surface area contributed by atoms with Gasteiger partial charge in [-0.1, -0.05) is 33.6 Å². The van der Waals surface area contributed by atoms with Crippen LogP contribution in [0, 0.1) is 6.92 Å². The van der Waals surface area contributed by atoms with Gasteiger partial charge in [-0.15, -0.1) is 0 Å². The summed E-state index contributed by atoms with van der Waals surface area (Å²) in [5.41, 5.74) is 1.83. The molecule has 158 valence electrons. The van der Waals surface area contributed by atoms with Crippen LogP contribution >= 0.6 is 15.9 Å². The summed E-state index contributed by atoms with van der Waals surface area (Å²) in [6.07, 6.45) is -0.102. The van der Waals surface area contributed by atoms with Gasteiger partial charge in [-0.2, -0.15) is 4.98 Å². The van der Waals surface area contributed by atoms with E-state index in [4.69, 9.17) is 9.15 Å². The molecule has 6 nitrogen and oxygen atoms in total. The van der Waals surface area contributed by atoms with E-state index in [9.17, 15) is 8.42 Å². The lowest BCUT2D eigenvalue weighted by molar-refractivity contribution is -0.00657. The van der Waals surface area contributed by atoms with Crippen molar-refractivity contribution < 1.29 is 17.6 Å². The maximum Gasteiger partial charge on any atom is 0.236 e. The molecule has 0 spiro atoms. The van der Waals surface area contributed by atoms with E-state index in [-0.39, 0.29) is 33.9 Å². The summed E-state index contributed by atoms with van der Waals surface area (Å²) >= 11 is 3.35. The van der Waals surface area contributed by atoms with Crippen LogP contribution < -0.4 is 4.90 Å². The minimum atomic E-state index is -3.87. The Morgan fingerprint density at radius 3 is 2.20 bits per heavy atom. The van der Waals surface area contributed by atoms with Crippen LogP contribution in [0.4, 0.5) is 5.88 Å². The van der Waals surface area contributed by atoms with Crippen LogP contribution in [-0.2, 0) is 14.6 Å². The van der Waals surface area contributed by atoms with E-state index in [0.717, 1.165) is 15.6 Å². The summed E-state index contributed by atoms with van der Waals surface area (Å²) in [7, 11) is -3.87. The minimum absolute atomic E-state index is 0.0510. The van der Waals surface area contributed by atoms with E-state index in [2.05, 4.69) is 20.9 Å². The van der Waals surface area contributed by atoms with Crippen molar-refractivity contribution in [3.63, 3.8) is 0 Å². The lowest BCUT2D eigenvalue weighted by Gasteiger charge is -2.35. The second-order valence-electron chi connectivity index (χ2n) is 7.62. The van der Waals surface area contributed by atoms with Crippen LogP contribution in [0.3, 0.4) is 0 Å². The molecule has 2 unspecified atom stereocenters. The van der Waals surface area contributed by atoms with Gasteiger partial charge in [-0.3, -0.25) is 0 Å². The first-order chi connectivity index (χ1) is 14.2. The van der Waals surface area contributed by atoms with E-state index >= 15 is 0 Å². The average Bonchev–Trinajstić information content (AvgIpc) is 3.14. The van der Waals surface area contributed by atoms with E-state index < -0.39 is 9.84 Å². The number of nitrogens with zero attached hydrogens (tertiary/aromatic N) is 2. The van der Waals surface area contributed by atoms with Crippen molar-refractivity contribution in [3.8, 4) is 11.5 Å². The highest BCUT2D eigenvalue weighted by Crippen LogP contribution is 2.36. The van der Waals surface area contributed by atoms with Gasteiger partial charge in [0.25, 0.3) is 0 Å². The Bertz CT molecular complexity index is 1130. The third-order valence-electron chi connectivity index (χ3n) is 4.96. The van der Waals surface area contributed by atoms with Crippen molar-refractivity contribution in [2.75, 3.05) is 18.0 Å². The topological polar surface area (TPSA) is 72.6 Å². The SMILES string of the molecule is Cc1ccc(-c2nc(S(=O)(=O)c3ccc(Br)cc3)c(N3CC(C)OC(C)C3)o2)cc1. The first-order valence-electron chi connectivity index (χ1n) is 9.73. The summed E-state index contributed by atoms with van der Waals surface area (Å²) in [6.45, 7) is 6.96. The molecule has 0 N–H and O–H groups in total. The Morgan fingerprint density at radius 2 is 1.60 bits per heavy atom. The molecule has 0 aliphatic carbocycles. The van der Waals surface area contributed by atoms with Gasteiger partial charge < -0.3 is 14.1 Å². The summed E-state index contributed by atoms with van der Waals surface area (Å²) < 4.78 is 39.6. The number of benzene rings is 2. The number of halogens is 1. The molecule has 1 aromatic heterocycles. The van der Waals surface area contributed by atoms with E-state index in [1.165, 1.54) is 0 Å². The maximum absolute atomic E-state index is 13.5. The Morgan fingerprint density at radius 1 is 1.00 bits per heavy atom. The lowest BCUT2D eigenvalue weighted by Crippen LogP contribution is -2.45. The zero-order chi connectivity index (χ0) is 21.5. The molecule has 4 rings (SSSR count). The van der Waals surface area contributed by atoms with Crippen LogP contribution in [0.1, 0.15) is 19.4 Å². The average molecular weight is 491 g/mol. The van der Waals surface area contributed by atoms with Crippen LogP contribution in [0.5, 0.6) is 0 Å². The summed E-state index contributed by atoms with van der Waals surface area (Å²) in [5, 5.41) is -0.0679. The van der Waals surface area contributed by atoms with Crippen molar-refractivity contribution in [1.82, 2.24) is 4.98 Å². The number of aromatic nitrogens is 1. The highest BCUT2D eigenvalue weighted by atomic mass is 79.9. The zero-order valence-electron chi connectivity index (χ0n) is 17.0. The fraction of sp³-hybridized carbons (Fsp3) is 0.318. The predicted octanol–water partition coefficient (Wildman–Crippen LogP) is 4.86. The lowest BCUT2D eigenvalue weighted by atomic mass is 10.1. The second-order valence-corrected chi connectivity index (χ2v) is 10.4. The molecule has 1 aliphatic heterocycles. The standard InChI is InChI=1S/C22H23BrN2O4S/c1-14-4-6-17(7-5-14)20-24-21(30(26,27)19-10-8-18(23)9-11-19)22(29-20)25-12-15(2)28-16(3)13-25/h4-11,15-16H,12-13H2,1-3H3. The Labute approximate surface area is 184 Å². The van der Waals surface area contributed by atoms with Gasteiger partial charge in [-0.25, -0.2) is 8.42 Å². The van der Waals surface area contributed by atoms with Gasteiger partial charge in [0.15, 0.2) is 0 Å². The van der Waals surface area contributed by atoms with Gasteiger partial charge in [0.2, 0.25) is 26.6 Å². The Balaban J connectivity index is 1.85. The van der Waals surface area contributed by atoms with Gasteiger partial charge in [0.05, 0.1) is 17.1 Å². The molecule has 1 fully saturated rings. The van der Waals surface area contributed by atoms with Gasteiger partial charge in [-0.05, 0) is 57.2 Å². The van der Waals surface area contributed by atoms with Crippen molar-refractivity contribution in [2.45, 2.75) is 42.9 Å². The molecule has 2 heterocycles. The largest absolute Gasteiger partial charge is 0.419 e. The van der Waals surface area contributed by atoms with Gasteiger partial charge >= 0.3 is 0 Å². The molecule has 8 heteroatoms. The maximum atomic E-state index is 13.5. The highest BCUT2D eigenvalue weighted by Gasteiger charge is 2.34. The number of hydrogen-bond donors (Lipinski definition) is 0. The smallest absolute Gasteiger partial charge is 0.236 e. The molecule has 30 heavy (non-hydrogen) atoms. The fourth-order valence-corrected chi connectivity index (χ4v) is 5.15. The van der Waals surface area contributed by atoms with Gasteiger partial charge in [0, 0.05) is 23.1 Å². The van der Waals surface area contributed by atoms with Crippen LogP contribution in [0.15, 0.2) is 67.3 Å². The number of morpholine rings is 1. The van der Waals surface area contributed by atoms with E-state index in [0.29, 0.717) is 13.1 Å². The molecule has 0 amide bonds. The molecule has 1 aliphatic rings. The highest BCUT2D eigenvalue weighted by molar-refractivity contribution is 9.10. The first-order valence-corrected chi connectivity index (χ1v) is 12.0. The third kappa shape index (κ3) is 4.17. The van der Waals surface area contributed by atoms with Gasteiger partial charge in [0.1, 0.15) is 0 Å². The quantitative estimate of drug-likeness (QED) is 0.519. The summed E-state index contributed by atoms with van der Waals surface area (Å²) in [5.74, 6) is 0.544. The number of hydrogen-bond acceptors (Lipinski definition) is 6. The van der Waals surface area contributed by atoms with Crippen molar-refractivity contribution in [2.24, 2.45) is 0 Å². The van der Waals surface area contributed by atoms with Crippen molar-refractivity contribution in [3.05, 3.63) is 58.6 Å². The molecule has 0 saturated carbocycles. The van der Waals surface area contributed by atoms with Crippen LogP contribution in [0.25, 0.3) is 11.5 Å². The number of rotatable bonds is 4. The van der Waals surface area contributed by atoms with Crippen LogP contribution in [0.2, 0.25) is 0 Å². The summed E-state index contributed by atoms with van der Waals surface area (Å²) in [6, 6.07) is 14.2. The number of oxazole rings is 1. The monoisotopic (exact) mass is 490 g/mol. The van der Waals surface area contributed by atoms with E-state index in [1.807, 2.05) is 49.9 Å². The molecule has 1 saturated heterocycles. The molecule has 3 aromatic rings. The molecular formula is C22H23BrN2O4S. The number of ether oxygens (including phenoxy) is 1. The first kappa shape index (κ1) is 21.1. The second kappa shape index (κ2) is 8.17. The molecule has 2 atom stereocenters. The number of sulfone groups is 1. The van der Waals surface area contributed by atoms with E-state index in [1.54, 1.807) is 24.3 Å². The van der Waals surface area contributed by atoms with Crippen molar-refractivity contribution >= 4 is 31.7 Å². The zero-order valence-corrected chi connectivity index (χ0v) is 19.4. The number of aryl methyl sites for hydroxylation is 1. The molecule has 0 bridgehead atoms. The normalized spacial score (nSPS) is 19.8. The third-order valence-corrected chi connectivity index (χ3v) is 7.16. The number of anilines is 1. The van der Waals surface area contributed by atoms with Crippen molar-refractivity contribution in [1.29, 1.82) is 0 Å². The predicted molar refractivity (Wildman–Crippen MR) is 118 cm³/mol. The summed E-state index contributed by atoms with van der Waals surface area (Å²) in [4.78, 5) is 6.54. The minimum Gasteiger partial charge on any atom is -0.419 e. The molecule has 0 radical (unpaired) electrons. The molecule has 2 aromatic carbocycles. The molecular weight excluding hydrogens is 468 g/mol. The van der Waals surface area contributed by atoms with Crippen LogP contribution in [-0.4, -0.2) is 38.7 Å². The Kier molecular flexibility index (Phi) is 5.74.